The van der Waals surface area contributed by atoms with Gasteiger partial charge in [0.25, 0.3) is 0 Å². The highest BCUT2D eigenvalue weighted by Gasteiger charge is 2.21. The Labute approximate surface area is 129 Å². The number of likely N-dealkylation sites (tertiary alicyclic amines) is 1. The van der Waals surface area contributed by atoms with Gasteiger partial charge in [-0.2, -0.15) is 5.10 Å². The van der Waals surface area contributed by atoms with E-state index in [4.69, 9.17) is 4.74 Å². The third-order valence-electron chi connectivity index (χ3n) is 4.06. The molecule has 1 fully saturated rings. The van der Waals surface area contributed by atoms with Gasteiger partial charge in [0.1, 0.15) is 5.75 Å². The molecule has 116 valence electrons. The number of pyridine rings is 1. The molecule has 1 aliphatic heterocycles. The Morgan fingerprint density at radius 1 is 1.36 bits per heavy atom. The lowest BCUT2D eigenvalue weighted by Crippen LogP contribution is -2.38. The van der Waals surface area contributed by atoms with Crippen molar-refractivity contribution < 1.29 is 9.53 Å². The van der Waals surface area contributed by atoms with Crippen LogP contribution in [0.1, 0.15) is 19.8 Å². The van der Waals surface area contributed by atoms with Gasteiger partial charge in [-0.1, -0.05) is 0 Å². The van der Waals surface area contributed by atoms with E-state index in [1.807, 2.05) is 23.1 Å². The molecule has 3 heterocycles. The van der Waals surface area contributed by atoms with Crippen molar-refractivity contribution in [3.8, 4) is 17.1 Å². The quantitative estimate of drug-likeness (QED) is 0.938. The first-order valence-electron chi connectivity index (χ1n) is 7.56. The molecule has 0 radical (unpaired) electrons. The van der Waals surface area contributed by atoms with Gasteiger partial charge < -0.3 is 9.64 Å². The van der Waals surface area contributed by atoms with E-state index in [2.05, 4.69) is 15.2 Å². The first kappa shape index (κ1) is 14.6. The highest BCUT2D eigenvalue weighted by molar-refractivity contribution is 5.73. The number of aromatic amines is 1. The van der Waals surface area contributed by atoms with Gasteiger partial charge >= 0.3 is 0 Å². The number of carbonyl (C=O) groups is 1. The number of H-pyrrole nitrogens is 1. The third kappa shape index (κ3) is 3.44. The molecule has 0 spiro atoms. The van der Waals surface area contributed by atoms with Gasteiger partial charge in [-0.25, -0.2) is 0 Å². The van der Waals surface area contributed by atoms with Crippen LogP contribution < -0.4 is 4.74 Å². The standard InChI is InChI=1S/C16H20N4O2/c1-12(21)20-8-5-13(6-9-20)11-22-14-2-3-15(17-10-14)16-4-7-18-19-16/h2-4,7,10,13H,5-6,8-9,11H2,1H3,(H,18,19). The molecule has 1 amide bonds. The number of hydrogen-bond donors (Lipinski definition) is 1. The maximum Gasteiger partial charge on any atom is 0.219 e. The molecule has 0 bridgehead atoms. The van der Waals surface area contributed by atoms with Gasteiger partial charge in [0, 0.05) is 26.2 Å². The van der Waals surface area contributed by atoms with E-state index in [0.717, 1.165) is 43.1 Å². The van der Waals surface area contributed by atoms with Crippen LogP contribution in [0.5, 0.6) is 5.75 Å². The summed E-state index contributed by atoms with van der Waals surface area (Å²) in [4.78, 5) is 17.6. The van der Waals surface area contributed by atoms with E-state index in [-0.39, 0.29) is 5.91 Å². The minimum Gasteiger partial charge on any atom is -0.492 e. The van der Waals surface area contributed by atoms with Crippen LogP contribution in [0.15, 0.2) is 30.6 Å². The molecule has 0 unspecified atom stereocenters. The van der Waals surface area contributed by atoms with Crippen molar-refractivity contribution in [2.75, 3.05) is 19.7 Å². The van der Waals surface area contributed by atoms with Gasteiger partial charge in [-0.15, -0.1) is 0 Å². The number of rotatable bonds is 4. The lowest BCUT2D eigenvalue weighted by Gasteiger charge is -2.31. The number of hydrogen-bond acceptors (Lipinski definition) is 4. The van der Waals surface area contributed by atoms with Crippen molar-refractivity contribution in [2.45, 2.75) is 19.8 Å². The minimum atomic E-state index is 0.165. The van der Waals surface area contributed by atoms with E-state index in [0.29, 0.717) is 12.5 Å². The van der Waals surface area contributed by atoms with Crippen molar-refractivity contribution in [1.29, 1.82) is 0 Å². The number of nitrogens with one attached hydrogen (secondary N) is 1. The zero-order chi connectivity index (χ0) is 15.4. The van der Waals surface area contributed by atoms with E-state index in [1.165, 1.54) is 0 Å². The van der Waals surface area contributed by atoms with Crippen LogP contribution in [0.3, 0.4) is 0 Å². The largest absolute Gasteiger partial charge is 0.492 e. The lowest BCUT2D eigenvalue weighted by atomic mass is 9.98. The molecule has 2 aromatic heterocycles. The Hall–Kier alpha value is -2.37. The molecule has 2 aromatic rings. The highest BCUT2D eigenvalue weighted by Crippen LogP contribution is 2.21. The van der Waals surface area contributed by atoms with Crippen LogP contribution in [-0.4, -0.2) is 45.7 Å². The molecule has 1 N–H and O–H groups in total. The normalized spacial score (nSPS) is 15.8. The second-order valence-electron chi connectivity index (χ2n) is 5.61. The topological polar surface area (TPSA) is 71.1 Å². The second kappa shape index (κ2) is 6.60. The van der Waals surface area contributed by atoms with E-state index >= 15 is 0 Å². The van der Waals surface area contributed by atoms with Crippen LogP contribution >= 0.6 is 0 Å². The van der Waals surface area contributed by atoms with Crippen molar-refractivity contribution >= 4 is 5.91 Å². The SMILES string of the molecule is CC(=O)N1CCC(COc2ccc(-c3ccn[nH]3)nc2)CC1. The Kier molecular flexibility index (Phi) is 4.37. The summed E-state index contributed by atoms with van der Waals surface area (Å²) in [6, 6.07) is 5.72. The molecular formula is C16H20N4O2. The monoisotopic (exact) mass is 300 g/mol. The zero-order valence-corrected chi connectivity index (χ0v) is 12.7. The van der Waals surface area contributed by atoms with E-state index < -0.39 is 0 Å². The summed E-state index contributed by atoms with van der Waals surface area (Å²) in [5.41, 5.74) is 1.74. The van der Waals surface area contributed by atoms with Crippen LogP contribution in [0, 0.1) is 5.92 Å². The number of aromatic nitrogens is 3. The minimum absolute atomic E-state index is 0.165. The Morgan fingerprint density at radius 3 is 2.77 bits per heavy atom. The zero-order valence-electron chi connectivity index (χ0n) is 12.7. The first-order valence-corrected chi connectivity index (χ1v) is 7.56. The Bertz CT molecular complexity index is 602. The highest BCUT2D eigenvalue weighted by atomic mass is 16.5. The number of amides is 1. The van der Waals surface area contributed by atoms with Gasteiger partial charge in [-0.05, 0) is 37.0 Å². The van der Waals surface area contributed by atoms with Crippen molar-refractivity contribution in [3.63, 3.8) is 0 Å². The van der Waals surface area contributed by atoms with Crippen molar-refractivity contribution in [2.24, 2.45) is 5.92 Å². The summed E-state index contributed by atoms with van der Waals surface area (Å²) in [5, 5.41) is 6.80. The van der Waals surface area contributed by atoms with Gasteiger partial charge in [0.2, 0.25) is 5.91 Å². The average molecular weight is 300 g/mol. The molecule has 6 nitrogen and oxygen atoms in total. The molecule has 22 heavy (non-hydrogen) atoms. The lowest BCUT2D eigenvalue weighted by molar-refractivity contribution is -0.130. The molecule has 3 rings (SSSR count). The van der Waals surface area contributed by atoms with Crippen LogP contribution in [0.4, 0.5) is 0 Å². The Morgan fingerprint density at radius 2 is 2.18 bits per heavy atom. The first-order chi connectivity index (χ1) is 10.7. The van der Waals surface area contributed by atoms with Crippen LogP contribution in [0.25, 0.3) is 11.4 Å². The van der Waals surface area contributed by atoms with Crippen molar-refractivity contribution in [3.05, 3.63) is 30.6 Å². The fourth-order valence-corrected chi connectivity index (χ4v) is 2.65. The van der Waals surface area contributed by atoms with E-state index in [1.54, 1.807) is 19.3 Å². The molecule has 6 heteroatoms. The maximum atomic E-state index is 11.3. The maximum absolute atomic E-state index is 11.3. The number of carbonyl (C=O) groups excluding carboxylic acids is 1. The fraction of sp³-hybridized carbons (Fsp3) is 0.438. The third-order valence-corrected chi connectivity index (χ3v) is 4.06. The fourth-order valence-electron chi connectivity index (χ4n) is 2.65. The average Bonchev–Trinajstić information content (AvgIpc) is 3.08. The number of ether oxygens (including phenoxy) is 1. The molecule has 0 aliphatic carbocycles. The van der Waals surface area contributed by atoms with Gasteiger partial charge in [0.15, 0.2) is 0 Å². The second-order valence-corrected chi connectivity index (χ2v) is 5.61. The molecule has 1 aliphatic rings. The molecular weight excluding hydrogens is 280 g/mol. The molecule has 1 saturated heterocycles. The predicted molar refractivity (Wildman–Crippen MR) is 82.3 cm³/mol. The molecule has 0 saturated carbocycles. The summed E-state index contributed by atoms with van der Waals surface area (Å²) in [6.07, 6.45) is 5.44. The van der Waals surface area contributed by atoms with Crippen LogP contribution in [-0.2, 0) is 4.79 Å². The number of nitrogens with zero attached hydrogens (tertiary/aromatic N) is 3. The summed E-state index contributed by atoms with van der Waals surface area (Å²) in [6.45, 7) is 3.97. The van der Waals surface area contributed by atoms with Gasteiger partial charge in [-0.3, -0.25) is 14.9 Å². The van der Waals surface area contributed by atoms with Crippen LogP contribution in [0.2, 0.25) is 0 Å². The molecule has 0 atom stereocenters. The Balaban J connectivity index is 1.49. The molecule has 0 aromatic carbocycles. The predicted octanol–water partition coefficient (Wildman–Crippen LogP) is 2.11. The smallest absolute Gasteiger partial charge is 0.219 e. The summed E-state index contributed by atoms with van der Waals surface area (Å²) >= 11 is 0. The van der Waals surface area contributed by atoms with Crippen molar-refractivity contribution in [1.82, 2.24) is 20.1 Å². The summed E-state index contributed by atoms with van der Waals surface area (Å²) in [7, 11) is 0. The summed E-state index contributed by atoms with van der Waals surface area (Å²) < 4.78 is 5.82. The number of piperidine rings is 1. The van der Waals surface area contributed by atoms with Gasteiger partial charge in [0.05, 0.1) is 24.2 Å². The van der Waals surface area contributed by atoms with E-state index in [9.17, 15) is 4.79 Å². The summed E-state index contributed by atoms with van der Waals surface area (Å²) in [5.74, 6) is 1.44.